The van der Waals surface area contributed by atoms with Gasteiger partial charge in [-0.15, -0.1) is 11.6 Å². The Kier molecular flexibility index (Phi) is 3.71. The minimum Gasteiger partial charge on any atom is -0.292 e. The van der Waals surface area contributed by atoms with E-state index in [1.54, 1.807) is 16.7 Å². The summed E-state index contributed by atoms with van der Waals surface area (Å²) in [7, 11) is 0. The molecular weight excluding hydrogens is 366 g/mol. The van der Waals surface area contributed by atoms with Crippen LogP contribution in [-0.4, -0.2) is 9.55 Å². The van der Waals surface area contributed by atoms with Crippen molar-refractivity contribution in [2.24, 2.45) is 0 Å². The second kappa shape index (κ2) is 5.35. The van der Waals surface area contributed by atoms with Gasteiger partial charge in [0.15, 0.2) is 0 Å². The summed E-state index contributed by atoms with van der Waals surface area (Å²) in [5, 5.41) is 0.353. The summed E-state index contributed by atoms with van der Waals surface area (Å²) in [4.78, 5) is 4.43. The zero-order valence-electron chi connectivity index (χ0n) is 10.1. The highest BCUT2D eigenvalue weighted by atomic mass is 79.9. The van der Waals surface area contributed by atoms with Crippen molar-refractivity contribution in [1.29, 1.82) is 0 Å². The Balaban J connectivity index is 2.34. The largest absolute Gasteiger partial charge is 0.292 e. The predicted octanol–water partition coefficient (Wildman–Crippen LogP) is 5.32. The molecule has 3 aromatic rings. The molecule has 0 spiro atoms. The zero-order valence-corrected chi connectivity index (χ0v) is 13.2. The number of aromatic nitrogens is 2. The topological polar surface area (TPSA) is 17.8 Å². The number of nitrogens with zero attached hydrogens (tertiary/aromatic N) is 2. The van der Waals surface area contributed by atoms with E-state index >= 15 is 0 Å². The van der Waals surface area contributed by atoms with Gasteiger partial charge in [0.1, 0.15) is 11.6 Å². The standard InChI is InChI=1S/C14H8BrCl2FN2/c15-8-1-3-13-11(5-8)19-14(7-16)20(13)12-4-2-9(17)6-10(12)18/h1-6H,7H2. The van der Waals surface area contributed by atoms with Gasteiger partial charge >= 0.3 is 0 Å². The second-order valence-corrected chi connectivity index (χ2v) is 5.85. The Morgan fingerprint density at radius 2 is 2.00 bits per heavy atom. The number of rotatable bonds is 2. The monoisotopic (exact) mass is 372 g/mol. The van der Waals surface area contributed by atoms with Crippen molar-refractivity contribution in [3.05, 3.63) is 57.5 Å². The molecule has 1 aromatic heterocycles. The summed E-state index contributed by atoms with van der Waals surface area (Å²) in [6.45, 7) is 0. The third-order valence-electron chi connectivity index (χ3n) is 2.96. The van der Waals surface area contributed by atoms with Crippen LogP contribution in [0, 0.1) is 5.82 Å². The predicted molar refractivity (Wildman–Crippen MR) is 83.3 cm³/mol. The first kappa shape index (κ1) is 13.9. The van der Waals surface area contributed by atoms with E-state index in [-0.39, 0.29) is 5.88 Å². The molecule has 0 aliphatic rings. The van der Waals surface area contributed by atoms with Crippen LogP contribution >= 0.6 is 39.1 Å². The van der Waals surface area contributed by atoms with Crippen LogP contribution in [0.25, 0.3) is 16.7 Å². The molecule has 1 heterocycles. The lowest BCUT2D eigenvalue weighted by molar-refractivity contribution is 0.618. The van der Waals surface area contributed by atoms with Gasteiger partial charge in [0.25, 0.3) is 0 Å². The van der Waals surface area contributed by atoms with E-state index in [0.29, 0.717) is 16.5 Å². The minimum absolute atomic E-state index is 0.189. The van der Waals surface area contributed by atoms with Gasteiger partial charge < -0.3 is 0 Å². The molecule has 6 heteroatoms. The first-order chi connectivity index (χ1) is 9.60. The summed E-state index contributed by atoms with van der Waals surface area (Å²) >= 11 is 15.1. The van der Waals surface area contributed by atoms with Gasteiger partial charge in [-0.2, -0.15) is 0 Å². The number of hydrogen-bond acceptors (Lipinski definition) is 1. The Hall–Kier alpha value is -1.10. The third kappa shape index (κ3) is 2.32. The molecule has 0 fully saturated rings. The van der Waals surface area contributed by atoms with E-state index in [4.69, 9.17) is 23.2 Å². The smallest absolute Gasteiger partial charge is 0.148 e. The molecule has 0 bridgehead atoms. The number of hydrogen-bond donors (Lipinski definition) is 0. The van der Waals surface area contributed by atoms with Crippen molar-refractivity contribution in [2.45, 2.75) is 5.88 Å². The molecule has 0 amide bonds. The first-order valence-corrected chi connectivity index (χ1v) is 7.49. The van der Waals surface area contributed by atoms with E-state index in [2.05, 4.69) is 20.9 Å². The van der Waals surface area contributed by atoms with Crippen molar-refractivity contribution < 1.29 is 4.39 Å². The number of halogens is 4. The molecule has 2 aromatic carbocycles. The SMILES string of the molecule is Fc1cc(Cl)ccc1-n1c(CCl)nc2cc(Br)ccc21. The van der Waals surface area contributed by atoms with Crippen LogP contribution in [0.5, 0.6) is 0 Å². The van der Waals surface area contributed by atoms with Crippen LogP contribution < -0.4 is 0 Å². The number of imidazole rings is 1. The molecule has 0 unspecified atom stereocenters. The van der Waals surface area contributed by atoms with Crippen LogP contribution in [0.4, 0.5) is 4.39 Å². The van der Waals surface area contributed by atoms with Crippen LogP contribution in [-0.2, 0) is 5.88 Å². The maximum Gasteiger partial charge on any atom is 0.148 e. The summed E-state index contributed by atoms with van der Waals surface area (Å²) in [5.41, 5.74) is 1.93. The Morgan fingerprint density at radius 1 is 1.20 bits per heavy atom. The zero-order chi connectivity index (χ0) is 14.3. The molecule has 0 saturated carbocycles. The van der Waals surface area contributed by atoms with Crippen LogP contribution in [0.3, 0.4) is 0 Å². The molecule has 2 nitrogen and oxygen atoms in total. The van der Waals surface area contributed by atoms with Gasteiger partial charge in [-0.3, -0.25) is 4.57 Å². The highest BCUT2D eigenvalue weighted by molar-refractivity contribution is 9.10. The Labute approximate surface area is 133 Å². The maximum atomic E-state index is 14.2. The molecular formula is C14H8BrCl2FN2. The second-order valence-electron chi connectivity index (χ2n) is 4.23. The highest BCUT2D eigenvalue weighted by Gasteiger charge is 2.15. The van der Waals surface area contributed by atoms with Gasteiger partial charge in [0, 0.05) is 9.50 Å². The summed E-state index contributed by atoms with van der Waals surface area (Å²) in [5.74, 6) is 0.362. The number of fused-ring (bicyclic) bond motifs is 1. The molecule has 102 valence electrons. The van der Waals surface area contributed by atoms with E-state index in [1.165, 1.54) is 6.07 Å². The van der Waals surface area contributed by atoms with E-state index in [1.807, 2.05) is 18.2 Å². The summed E-state index contributed by atoms with van der Waals surface area (Å²) in [6.07, 6.45) is 0. The molecule has 3 rings (SSSR count). The molecule has 0 aliphatic carbocycles. The average Bonchev–Trinajstić information content (AvgIpc) is 2.76. The van der Waals surface area contributed by atoms with Crippen molar-refractivity contribution >= 4 is 50.2 Å². The van der Waals surface area contributed by atoms with Crippen molar-refractivity contribution in [1.82, 2.24) is 9.55 Å². The molecule has 0 atom stereocenters. The fourth-order valence-electron chi connectivity index (χ4n) is 2.12. The van der Waals surface area contributed by atoms with Gasteiger partial charge in [-0.1, -0.05) is 27.5 Å². The van der Waals surface area contributed by atoms with Crippen molar-refractivity contribution in [3.8, 4) is 5.69 Å². The van der Waals surface area contributed by atoms with Crippen LogP contribution in [0.2, 0.25) is 5.02 Å². The molecule has 0 aliphatic heterocycles. The van der Waals surface area contributed by atoms with Gasteiger partial charge in [-0.05, 0) is 36.4 Å². The molecule has 20 heavy (non-hydrogen) atoms. The average molecular weight is 374 g/mol. The van der Waals surface area contributed by atoms with Gasteiger partial charge in [-0.25, -0.2) is 9.37 Å². The fraction of sp³-hybridized carbons (Fsp3) is 0.0714. The lowest BCUT2D eigenvalue weighted by Crippen LogP contribution is -2.02. The lowest BCUT2D eigenvalue weighted by atomic mass is 10.2. The van der Waals surface area contributed by atoms with E-state index in [0.717, 1.165) is 15.5 Å². The first-order valence-electron chi connectivity index (χ1n) is 5.78. The van der Waals surface area contributed by atoms with Gasteiger partial charge in [0.05, 0.1) is 22.6 Å². The van der Waals surface area contributed by atoms with Crippen LogP contribution in [0.15, 0.2) is 40.9 Å². The van der Waals surface area contributed by atoms with Crippen molar-refractivity contribution in [3.63, 3.8) is 0 Å². The van der Waals surface area contributed by atoms with E-state index in [9.17, 15) is 4.39 Å². The minimum atomic E-state index is -0.411. The maximum absolute atomic E-state index is 14.2. The molecule has 0 N–H and O–H groups in total. The Morgan fingerprint density at radius 3 is 2.70 bits per heavy atom. The number of benzene rings is 2. The van der Waals surface area contributed by atoms with Gasteiger partial charge in [0.2, 0.25) is 0 Å². The summed E-state index contributed by atoms with van der Waals surface area (Å²) < 4.78 is 16.8. The molecule has 0 radical (unpaired) electrons. The van der Waals surface area contributed by atoms with Crippen molar-refractivity contribution in [2.75, 3.05) is 0 Å². The third-order valence-corrected chi connectivity index (χ3v) is 3.92. The fourth-order valence-corrected chi connectivity index (χ4v) is 2.81. The Bertz CT molecular complexity index is 801. The van der Waals surface area contributed by atoms with E-state index < -0.39 is 5.82 Å². The lowest BCUT2D eigenvalue weighted by Gasteiger charge is -2.09. The molecule has 0 saturated heterocycles. The quantitative estimate of drug-likeness (QED) is 0.556. The normalized spacial score (nSPS) is 11.2. The number of alkyl halides is 1. The van der Waals surface area contributed by atoms with Crippen LogP contribution in [0.1, 0.15) is 5.82 Å². The highest BCUT2D eigenvalue weighted by Crippen LogP contribution is 2.27. The summed E-state index contributed by atoms with van der Waals surface area (Å²) in [6, 6.07) is 10.2.